The molecule has 2 heterocycles. The second-order valence-electron chi connectivity index (χ2n) is 6.30. The molecule has 2 N–H and O–H groups in total. The quantitative estimate of drug-likeness (QED) is 0.766. The summed E-state index contributed by atoms with van der Waals surface area (Å²) in [6.07, 6.45) is 1.65. The summed E-state index contributed by atoms with van der Waals surface area (Å²) in [6.45, 7) is 1.50. The Morgan fingerprint density at radius 1 is 1.20 bits per heavy atom. The third kappa shape index (κ3) is 3.00. The number of phenolic OH excluding ortho intramolecular Hbond substituents is 1. The van der Waals surface area contributed by atoms with Crippen molar-refractivity contribution in [1.29, 1.82) is 0 Å². The largest absolute Gasteiger partial charge is 0.508 e. The van der Waals surface area contributed by atoms with Crippen molar-refractivity contribution >= 4 is 0 Å². The lowest BCUT2D eigenvalue weighted by molar-refractivity contribution is 0.224. The summed E-state index contributed by atoms with van der Waals surface area (Å²) in [4.78, 5) is 9.60. The first-order valence-electron chi connectivity index (χ1n) is 8.08. The number of phenols is 1. The Labute approximate surface area is 143 Å². The zero-order valence-electron chi connectivity index (χ0n) is 13.4. The molecule has 0 radical (unpaired) electrons. The Bertz CT molecular complexity index is 909. The van der Waals surface area contributed by atoms with E-state index in [0.29, 0.717) is 25.2 Å². The van der Waals surface area contributed by atoms with E-state index >= 15 is 0 Å². The average molecular weight is 341 g/mol. The highest BCUT2D eigenvalue weighted by molar-refractivity contribution is 5.37. The molecule has 0 bridgehead atoms. The number of hydrogen-bond acceptors (Lipinski definition) is 3. The fraction of sp³-hybridized carbons (Fsp3) is 0.211. The van der Waals surface area contributed by atoms with Gasteiger partial charge >= 0.3 is 0 Å². The number of nitrogens with one attached hydrogen (secondary N) is 1. The van der Waals surface area contributed by atoms with Crippen molar-refractivity contribution in [3.05, 3.63) is 82.9 Å². The van der Waals surface area contributed by atoms with E-state index in [-0.39, 0.29) is 11.7 Å². The van der Waals surface area contributed by atoms with Crippen LogP contribution in [0.2, 0.25) is 0 Å². The van der Waals surface area contributed by atoms with Crippen molar-refractivity contribution < 1.29 is 13.9 Å². The summed E-state index contributed by atoms with van der Waals surface area (Å²) in [6, 6.07) is 11.3. The molecule has 1 unspecified atom stereocenters. The van der Waals surface area contributed by atoms with Gasteiger partial charge in [0.05, 0.1) is 17.7 Å². The number of H-pyrrole nitrogens is 1. The number of aromatic nitrogens is 2. The Kier molecular flexibility index (Phi) is 3.97. The molecular weight excluding hydrogens is 324 g/mol. The molecule has 128 valence electrons. The van der Waals surface area contributed by atoms with Gasteiger partial charge in [0.2, 0.25) is 0 Å². The molecule has 0 fully saturated rings. The third-order valence-corrected chi connectivity index (χ3v) is 4.60. The second kappa shape index (κ2) is 6.29. The van der Waals surface area contributed by atoms with E-state index in [1.54, 1.807) is 30.6 Å². The number of rotatable bonds is 3. The Morgan fingerprint density at radius 3 is 2.88 bits per heavy atom. The molecular formula is C19H17F2N3O. The van der Waals surface area contributed by atoms with Crippen LogP contribution in [0.5, 0.6) is 5.75 Å². The molecule has 1 aliphatic heterocycles. The summed E-state index contributed by atoms with van der Waals surface area (Å²) in [5.74, 6) is -1.48. The van der Waals surface area contributed by atoms with Gasteiger partial charge in [-0.1, -0.05) is 24.3 Å². The molecule has 1 atom stereocenters. The summed E-state index contributed by atoms with van der Waals surface area (Å²) >= 11 is 0. The van der Waals surface area contributed by atoms with Crippen molar-refractivity contribution in [1.82, 2.24) is 14.9 Å². The Hall–Kier alpha value is -2.73. The number of imidazole rings is 1. The smallest absolute Gasteiger partial charge is 0.163 e. The van der Waals surface area contributed by atoms with Crippen molar-refractivity contribution in [2.45, 2.75) is 19.0 Å². The second-order valence-corrected chi connectivity index (χ2v) is 6.30. The predicted molar refractivity (Wildman–Crippen MR) is 89.0 cm³/mol. The number of halogens is 2. The maximum absolute atomic E-state index is 14.0. The minimum atomic E-state index is -0.832. The van der Waals surface area contributed by atoms with Crippen LogP contribution in [0.3, 0.4) is 0 Å². The Balaban J connectivity index is 1.65. The first kappa shape index (κ1) is 15.8. The normalized spacial score (nSPS) is 17.4. The van der Waals surface area contributed by atoms with E-state index in [9.17, 15) is 13.9 Å². The highest BCUT2D eigenvalue weighted by atomic mass is 19.2. The van der Waals surface area contributed by atoms with E-state index in [0.717, 1.165) is 23.0 Å². The van der Waals surface area contributed by atoms with Crippen LogP contribution in [0.15, 0.2) is 48.8 Å². The van der Waals surface area contributed by atoms with Crippen LogP contribution in [-0.4, -0.2) is 26.5 Å². The van der Waals surface area contributed by atoms with Crippen LogP contribution in [0.4, 0.5) is 8.78 Å². The minimum absolute atomic E-state index is 0.0429. The fourth-order valence-corrected chi connectivity index (χ4v) is 3.43. The maximum atomic E-state index is 14.0. The van der Waals surface area contributed by atoms with Crippen LogP contribution >= 0.6 is 0 Å². The van der Waals surface area contributed by atoms with Crippen molar-refractivity contribution in [3.63, 3.8) is 0 Å². The van der Waals surface area contributed by atoms with E-state index in [1.807, 2.05) is 11.0 Å². The summed E-state index contributed by atoms with van der Waals surface area (Å²) in [5, 5.41) is 9.78. The highest BCUT2D eigenvalue weighted by Crippen LogP contribution is 2.33. The summed E-state index contributed by atoms with van der Waals surface area (Å²) in [7, 11) is 0. The van der Waals surface area contributed by atoms with Crippen LogP contribution in [0.1, 0.15) is 28.4 Å². The van der Waals surface area contributed by atoms with Gasteiger partial charge in [0, 0.05) is 31.1 Å². The van der Waals surface area contributed by atoms with Gasteiger partial charge in [0.1, 0.15) is 5.75 Å². The molecule has 1 aliphatic rings. The standard InChI is InChI=1S/C19H17F2N3O/c20-16-6-2-4-13(18(16)21)8-24-9-15(12-3-1-5-14(25)7-12)19-17(10-24)22-11-23-19/h1-7,11,15,25H,8-10H2,(H,22,23). The zero-order chi connectivity index (χ0) is 17.4. The van der Waals surface area contributed by atoms with Gasteiger partial charge in [-0.05, 0) is 23.8 Å². The molecule has 1 aromatic heterocycles. The Morgan fingerprint density at radius 2 is 2.04 bits per heavy atom. The van der Waals surface area contributed by atoms with Crippen molar-refractivity contribution in [2.75, 3.05) is 6.54 Å². The molecule has 4 nitrogen and oxygen atoms in total. The molecule has 6 heteroatoms. The first-order chi connectivity index (χ1) is 12.1. The van der Waals surface area contributed by atoms with Crippen molar-refractivity contribution in [3.8, 4) is 5.75 Å². The van der Waals surface area contributed by atoms with Crippen LogP contribution < -0.4 is 0 Å². The lowest BCUT2D eigenvalue weighted by atomic mass is 9.90. The SMILES string of the molecule is Oc1cccc(C2CN(Cc3cccc(F)c3F)Cc3[nH]cnc32)c1. The number of aromatic amines is 1. The van der Waals surface area contributed by atoms with E-state index < -0.39 is 11.6 Å². The van der Waals surface area contributed by atoms with E-state index in [2.05, 4.69) is 9.97 Å². The summed E-state index contributed by atoms with van der Waals surface area (Å²) in [5.41, 5.74) is 3.16. The van der Waals surface area contributed by atoms with Crippen LogP contribution in [0, 0.1) is 11.6 Å². The van der Waals surface area contributed by atoms with Crippen molar-refractivity contribution in [2.24, 2.45) is 0 Å². The molecule has 4 rings (SSSR count). The molecule has 0 saturated heterocycles. The molecule has 0 saturated carbocycles. The lowest BCUT2D eigenvalue weighted by Crippen LogP contribution is -2.34. The topological polar surface area (TPSA) is 52.1 Å². The average Bonchev–Trinajstić information content (AvgIpc) is 3.07. The maximum Gasteiger partial charge on any atom is 0.163 e. The zero-order valence-corrected chi connectivity index (χ0v) is 13.4. The van der Waals surface area contributed by atoms with Gasteiger partial charge in [0.15, 0.2) is 11.6 Å². The number of nitrogens with zero attached hydrogens (tertiary/aromatic N) is 2. The molecule has 3 aromatic rings. The van der Waals surface area contributed by atoms with Gasteiger partial charge in [0.25, 0.3) is 0 Å². The highest BCUT2D eigenvalue weighted by Gasteiger charge is 2.29. The molecule has 2 aromatic carbocycles. The van der Waals surface area contributed by atoms with Gasteiger partial charge in [-0.25, -0.2) is 13.8 Å². The minimum Gasteiger partial charge on any atom is -0.508 e. The van der Waals surface area contributed by atoms with Gasteiger partial charge in [-0.3, -0.25) is 4.90 Å². The van der Waals surface area contributed by atoms with Gasteiger partial charge in [-0.15, -0.1) is 0 Å². The lowest BCUT2D eigenvalue weighted by Gasteiger charge is -2.32. The molecule has 0 spiro atoms. The molecule has 25 heavy (non-hydrogen) atoms. The number of fused-ring (bicyclic) bond motifs is 1. The van der Waals surface area contributed by atoms with Gasteiger partial charge in [-0.2, -0.15) is 0 Å². The number of aromatic hydroxyl groups is 1. The molecule has 0 amide bonds. The first-order valence-corrected chi connectivity index (χ1v) is 8.08. The number of hydrogen-bond donors (Lipinski definition) is 2. The monoisotopic (exact) mass is 341 g/mol. The van der Waals surface area contributed by atoms with Gasteiger partial charge < -0.3 is 10.1 Å². The van der Waals surface area contributed by atoms with Crippen LogP contribution in [-0.2, 0) is 13.1 Å². The molecule has 0 aliphatic carbocycles. The number of benzene rings is 2. The summed E-state index contributed by atoms with van der Waals surface area (Å²) < 4.78 is 27.5. The van der Waals surface area contributed by atoms with E-state index in [4.69, 9.17) is 0 Å². The van der Waals surface area contributed by atoms with Crippen LogP contribution in [0.25, 0.3) is 0 Å². The fourth-order valence-electron chi connectivity index (χ4n) is 3.43. The van der Waals surface area contributed by atoms with E-state index in [1.165, 1.54) is 6.07 Å². The third-order valence-electron chi connectivity index (χ3n) is 4.60. The predicted octanol–water partition coefficient (Wildman–Crippen LogP) is 3.54.